The lowest BCUT2D eigenvalue weighted by Crippen LogP contribution is -2.30. The van der Waals surface area contributed by atoms with Gasteiger partial charge in [-0.25, -0.2) is 18.3 Å². The molecule has 0 atom stereocenters. The van der Waals surface area contributed by atoms with Crippen LogP contribution < -0.4 is 4.74 Å². The van der Waals surface area contributed by atoms with Gasteiger partial charge in [-0.05, 0) is 60.4 Å². The molecule has 0 radical (unpaired) electrons. The van der Waals surface area contributed by atoms with Crippen molar-refractivity contribution in [1.82, 2.24) is 19.7 Å². The summed E-state index contributed by atoms with van der Waals surface area (Å²) in [5.41, 5.74) is 2.78. The first kappa shape index (κ1) is 26.6. The van der Waals surface area contributed by atoms with E-state index in [1.54, 1.807) is 12.1 Å². The number of rotatable bonds is 10. The van der Waals surface area contributed by atoms with Gasteiger partial charge in [0.15, 0.2) is 0 Å². The van der Waals surface area contributed by atoms with E-state index in [0.717, 1.165) is 42.4 Å². The minimum Gasteiger partial charge on any atom is -0.476 e. The average molecular weight is 547 g/mol. The Hall–Kier alpha value is -4.02. The lowest BCUT2D eigenvalue weighted by Gasteiger charge is -2.29. The second-order valence-corrected chi connectivity index (χ2v) is 11.6. The van der Waals surface area contributed by atoms with E-state index in [-0.39, 0.29) is 41.6 Å². The van der Waals surface area contributed by atoms with Crippen LogP contribution in [0.1, 0.15) is 58.8 Å². The fourth-order valence-corrected chi connectivity index (χ4v) is 6.39. The van der Waals surface area contributed by atoms with Crippen molar-refractivity contribution in [3.8, 4) is 5.88 Å². The Labute approximate surface area is 227 Å². The number of carboxylic acid groups (broad SMARTS) is 1. The van der Waals surface area contributed by atoms with Crippen LogP contribution in [0.2, 0.25) is 0 Å². The molecule has 1 heterocycles. The molecule has 4 aromatic rings. The van der Waals surface area contributed by atoms with Gasteiger partial charge in [-0.3, -0.25) is 0 Å². The topological polar surface area (TPSA) is 125 Å². The van der Waals surface area contributed by atoms with Crippen molar-refractivity contribution in [2.24, 2.45) is 0 Å². The third kappa shape index (κ3) is 6.35. The molecule has 9 nitrogen and oxygen atoms in total. The quantitative estimate of drug-likeness (QED) is 0.287. The van der Waals surface area contributed by atoms with Gasteiger partial charge < -0.3 is 9.84 Å². The third-order valence-corrected chi connectivity index (χ3v) is 8.88. The maximum atomic E-state index is 13.8. The first-order valence-electron chi connectivity index (χ1n) is 12.9. The second-order valence-electron chi connectivity index (χ2n) is 9.70. The molecule has 39 heavy (non-hydrogen) atoms. The van der Waals surface area contributed by atoms with Gasteiger partial charge in [-0.2, -0.15) is 4.31 Å². The Morgan fingerprint density at radius 2 is 1.44 bits per heavy atom. The molecule has 10 heteroatoms. The molecule has 1 aliphatic rings. The van der Waals surface area contributed by atoms with E-state index >= 15 is 0 Å². The van der Waals surface area contributed by atoms with Crippen LogP contribution in [-0.4, -0.2) is 45.3 Å². The molecule has 1 saturated carbocycles. The van der Waals surface area contributed by atoms with E-state index in [9.17, 15) is 18.3 Å². The summed E-state index contributed by atoms with van der Waals surface area (Å²) in [6, 6.07) is 26.4. The van der Waals surface area contributed by atoms with Crippen molar-refractivity contribution in [3.63, 3.8) is 0 Å². The Kier molecular flexibility index (Phi) is 8.04. The van der Waals surface area contributed by atoms with Gasteiger partial charge in [-0.1, -0.05) is 83.1 Å². The maximum Gasteiger partial charge on any atom is 0.359 e. The van der Waals surface area contributed by atoms with Crippen LogP contribution in [-0.2, 0) is 23.1 Å². The predicted octanol–water partition coefficient (Wildman–Crippen LogP) is 5.00. The number of sulfonamides is 1. The number of nitrogens with zero attached hydrogens (tertiary/aromatic N) is 3. The number of hydrogen-bond acceptors (Lipinski definition) is 6. The Bertz CT molecular complexity index is 1440. The number of H-pyrrole nitrogens is 1. The molecule has 5 rings (SSSR count). The molecule has 1 aromatic heterocycles. The molecular weight excluding hydrogens is 516 g/mol. The highest BCUT2D eigenvalue weighted by atomic mass is 32.2. The lowest BCUT2D eigenvalue weighted by molar-refractivity contribution is 0.0677. The molecule has 1 fully saturated rings. The summed E-state index contributed by atoms with van der Waals surface area (Å²) >= 11 is 0. The zero-order valence-electron chi connectivity index (χ0n) is 21.3. The third-order valence-electron chi connectivity index (χ3n) is 7.08. The smallest absolute Gasteiger partial charge is 0.359 e. The van der Waals surface area contributed by atoms with Crippen LogP contribution in [0.3, 0.4) is 0 Å². The minimum absolute atomic E-state index is 0.0102. The number of carbonyl (C=O) groups is 1. The second kappa shape index (κ2) is 11.8. The van der Waals surface area contributed by atoms with Crippen molar-refractivity contribution < 1.29 is 23.1 Å². The van der Waals surface area contributed by atoms with Crippen LogP contribution in [0.25, 0.3) is 0 Å². The van der Waals surface area contributed by atoms with Gasteiger partial charge in [0, 0.05) is 13.1 Å². The van der Waals surface area contributed by atoms with E-state index in [0.29, 0.717) is 0 Å². The van der Waals surface area contributed by atoms with Crippen LogP contribution in [0.15, 0.2) is 89.8 Å². The summed E-state index contributed by atoms with van der Waals surface area (Å²) in [6.45, 7) is 0.553. The molecule has 202 valence electrons. The van der Waals surface area contributed by atoms with Gasteiger partial charge in [0.25, 0.3) is 5.88 Å². The summed E-state index contributed by atoms with van der Waals surface area (Å²) in [5, 5.41) is 18.8. The van der Waals surface area contributed by atoms with Crippen molar-refractivity contribution in [1.29, 1.82) is 0 Å². The highest BCUT2D eigenvalue weighted by molar-refractivity contribution is 7.89. The molecule has 0 unspecified atom stereocenters. The molecule has 1 aliphatic carbocycles. The normalized spacial score (nSPS) is 17.7. The summed E-state index contributed by atoms with van der Waals surface area (Å²) in [5.74, 6) is -0.886. The lowest BCUT2D eigenvalue weighted by atomic mass is 9.83. The van der Waals surface area contributed by atoms with E-state index in [1.807, 2.05) is 72.8 Å². The molecule has 0 amide bonds. The largest absolute Gasteiger partial charge is 0.476 e. The molecule has 0 bridgehead atoms. The number of aromatic carboxylic acids is 1. The highest BCUT2D eigenvalue weighted by Gasteiger charge is 2.28. The summed E-state index contributed by atoms with van der Waals surface area (Å²) < 4.78 is 34.8. The Morgan fingerprint density at radius 3 is 1.97 bits per heavy atom. The zero-order valence-corrected chi connectivity index (χ0v) is 22.1. The van der Waals surface area contributed by atoms with Crippen LogP contribution in [0, 0.1) is 0 Å². The van der Waals surface area contributed by atoms with Gasteiger partial charge in [0.05, 0.1) is 4.90 Å². The molecular formula is C29H30N4O5S. The van der Waals surface area contributed by atoms with E-state index in [1.165, 1.54) is 4.31 Å². The number of hydrogen-bond donors (Lipinski definition) is 2. The van der Waals surface area contributed by atoms with Gasteiger partial charge >= 0.3 is 5.97 Å². The number of benzene rings is 3. The van der Waals surface area contributed by atoms with Gasteiger partial charge in [-0.15, -0.1) is 0 Å². The highest BCUT2D eigenvalue weighted by Crippen LogP contribution is 2.35. The molecule has 3 aromatic carbocycles. The monoisotopic (exact) mass is 546 g/mol. The van der Waals surface area contributed by atoms with Crippen molar-refractivity contribution in [2.75, 3.05) is 0 Å². The van der Waals surface area contributed by atoms with Crippen LogP contribution >= 0.6 is 0 Å². The fraction of sp³-hybridized carbons (Fsp3) is 0.276. The zero-order chi connectivity index (χ0) is 27.2. The fourth-order valence-electron chi connectivity index (χ4n) is 4.97. The van der Waals surface area contributed by atoms with Gasteiger partial charge in [0.2, 0.25) is 15.7 Å². The van der Waals surface area contributed by atoms with Crippen molar-refractivity contribution in [2.45, 2.75) is 55.7 Å². The van der Waals surface area contributed by atoms with Gasteiger partial charge in [0.1, 0.15) is 6.10 Å². The minimum atomic E-state index is -3.74. The first-order chi connectivity index (χ1) is 18.9. The van der Waals surface area contributed by atoms with Crippen molar-refractivity contribution >= 4 is 16.0 Å². The first-order valence-corrected chi connectivity index (χ1v) is 14.3. The SMILES string of the molecule is O=C(O)c1[nH]nnc1OC1CCC(c2ccc(S(=O)(=O)N(Cc3ccccc3)Cc3ccccc3)cc2)CC1. The Morgan fingerprint density at radius 1 is 0.872 bits per heavy atom. The van der Waals surface area contributed by atoms with Crippen LogP contribution in [0.4, 0.5) is 0 Å². The van der Waals surface area contributed by atoms with E-state index in [2.05, 4.69) is 15.4 Å². The summed E-state index contributed by atoms with van der Waals surface area (Å²) in [4.78, 5) is 11.5. The average Bonchev–Trinajstić information content (AvgIpc) is 3.43. The standard InChI is InChI=1S/C29H30N4O5S/c34-29(35)27-28(31-32-30-27)38-25-15-11-23(12-16-25)24-13-17-26(18-14-24)39(36,37)33(19-21-7-3-1-4-8-21)20-22-9-5-2-6-10-22/h1-10,13-14,17-18,23,25H,11-12,15-16,19-20H2,(H,34,35)(H,30,31,32). The number of nitrogens with one attached hydrogen (secondary N) is 1. The Balaban J connectivity index is 1.27. The molecule has 0 saturated heterocycles. The molecule has 0 aliphatic heterocycles. The number of aromatic nitrogens is 3. The maximum absolute atomic E-state index is 13.8. The van der Waals surface area contributed by atoms with E-state index in [4.69, 9.17) is 4.74 Å². The number of ether oxygens (including phenoxy) is 1. The molecule has 0 spiro atoms. The van der Waals surface area contributed by atoms with Crippen molar-refractivity contribution in [3.05, 3.63) is 107 Å². The van der Waals surface area contributed by atoms with E-state index < -0.39 is 16.0 Å². The molecule has 2 N–H and O–H groups in total. The predicted molar refractivity (Wildman–Crippen MR) is 145 cm³/mol. The number of carboxylic acids is 1. The summed E-state index contributed by atoms with van der Waals surface area (Å²) in [7, 11) is -3.74. The summed E-state index contributed by atoms with van der Waals surface area (Å²) in [6.07, 6.45) is 3.00. The van der Waals surface area contributed by atoms with Crippen LogP contribution in [0.5, 0.6) is 5.88 Å². The number of aromatic amines is 1.